The van der Waals surface area contributed by atoms with Gasteiger partial charge in [0, 0.05) is 0 Å². The van der Waals surface area contributed by atoms with Gasteiger partial charge in [0.1, 0.15) is 5.60 Å². The lowest BCUT2D eigenvalue weighted by Crippen LogP contribution is -2.32. The second-order valence-corrected chi connectivity index (χ2v) is 4.15. The summed E-state index contributed by atoms with van der Waals surface area (Å²) >= 11 is 0. The highest BCUT2D eigenvalue weighted by molar-refractivity contribution is 5.13. The summed E-state index contributed by atoms with van der Waals surface area (Å²) in [6.45, 7) is 6.05. The van der Waals surface area contributed by atoms with Crippen LogP contribution < -0.4 is 11.3 Å². The molecule has 1 aliphatic rings. The van der Waals surface area contributed by atoms with Crippen LogP contribution in [0.15, 0.2) is 11.5 Å². The normalized spacial score (nSPS) is 16.8. The molecule has 0 bridgehead atoms. The van der Waals surface area contributed by atoms with Crippen LogP contribution in [0.3, 0.4) is 0 Å². The lowest BCUT2D eigenvalue weighted by atomic mass is 9.93. The van der Waals surface area contributed by atoms with Crippen molar-refractivity contribution in [2.75, 3.05) is 0 Å². The molecule has 0 atom stereocenters. The summed E-state index contributed by atoms with van der Waals surface area (Å²) in [6, 6.07) is 0. The van der Waals surface area contributed by atoms with Crippen molar-refractivity contribution in [3.8, 4) is 0 Å². The second-order valence-electron chi connectivity index (χ2n) is 4.15. The number of hydrogen-bond donors (Lipinski definition) is 2. The van der Waals surface area contributed by atoms with E-state index in [1.54, 1.807) is 0 Å². The van der Waals surface area contributed by atoms with Crippen molar-refractivity contribution in [3.05, 3.63) is 11.5 Å². The van der Waals surface area contributed by atoms with Gasteiger partial charge in [-0.05, 0) is 45.6 Å². The van der Waals surface area contributed by atoms with Gasteiger partial charge in [-0.15, -0.1) is 0 Å². The number of hydrogen-bond acceptors (Lipinski definition) is 3. The van der Waals surface area contributed by atoms with Gasteiger partial charge in [-0.2, -0.15) is 0 Å². The minimum atomic E-state index is -0.162. The number of ether oxygens (including phenoxy) is 1. The molecule has 0 unspecified atom stereocenters. The van der Waals surface area contributed by atoms with E-state index < -0.39 is 0 Å². The Hall–Kier alpha value is -0.700. The number of rotatable bonds is 2. The third-order valence-electron chi connectivity index (χ3n) is 1.82. The summed E-state index contributed by atoms with van der Waals surface area (Å²) in [5.41, 5.74) is 3.77. The molecule has 0 aromatic heterocycles. The Morgan fingerprint density at radius 1 is 1.42 bits per heavy atom. The minimum Gasteiger partial charge on any atom is -0.473 e. The number of hydrazine groups is 1. The SMILES string of the molecule is CC(C)(C)OC(NN)=C1CCC1. The average Bonchev–Trinajstić information content (AvgIpc) is 1.79. The fourth-order valence-corrected chi connectivity index (χ4v) is 1.09. The first kappa shape index (κ1) is 9.39. The van der Waals surface area contributed by atoms with E-state index in [1.807, 2.05) is 20.8 Å². The Morgan fingerprint density at radius 2 is 2.00 bits per heavy atom. The lowest BCUT2D eigenvalue weighted by Gasteiger charge is -2.28. The lowest BCUT2D eigenvalue weighted by molar-refractivity contribution is 0.0360. The van der Waals surface area contributed by atoms with Crippen molar-refractivity contribution in [2.24, 2.45) is 5.84 Å². The Kier molecular flexibility index (Phi) is 2.62. The Bertz CT molecular complexity index is 185. The Morgan fingerprint density at radius 3 is 2.25 bits per heavy atom. The van der Waals surface area contributed by atoms with Crippen LogP contribution >= 0.6 is 0 Å². The first-order chi connectivity index (χ1) is 5.53. The predicted molar refractivity (Wildman–Crippen MR) is 49.0 cm³/mol. The second kappa shape index (κ2) is 3.35. The number of nitrogens with two attached hydrogens (primary N) is 1. The van der Waals surface area contributed by atoms with E-state index in [2.05, 4.69) is 5.43 Å². The number of allylic oxidation sites excluding steroid dienone is 1. The van der Waals surface area contributed by atoms with Gasteiger partial charge in [-0.1, -0.05) is 0 Å². The minimum absolute atomic E-state index is 0.162. The third kappa shape index (κ3) is 2.41. The highest BCUT2D eigenvalue weighted by Gasteiger charge is 2.20. The molecule has 1 saturated carbocycles. The van der Waals surface area contributed by atoms with Gasteiger partial charge in [-0.25, -0.2) is 5.84 Å². The zero-order chi connectivity index (χ0) is 9.19. The summed E-state index contributed by atoms with van der Waals surface area (Å²) in [5, 5.41) is 0. The maximum atomic E-state index is 5.63. The Balaban J connectivity index is 2.57. The molecule has 0 aliphatic heterocycles. The van der Waals surface area contributed by atoms with Crippen molar-refractivity contribution in [1.82, 2.24) is 5.43 Å². The van der Waals surface area contributed by atoms with Gasteiger partial charge in [0.25, 0.3) is 0 Å². The van der Waals surface area contributed by atoms with Crippen LogP contribution in [0.25, 0.3) is 0 Å². The summed E-state index contributed by atoms with van der Waals surface area (Å²) in [5.74, 6) is 6.13. The maximum Gasteiger partial charge on any atom is 0.200 e. The van der Waals surface area contributed by atoms with Gasteiger partial charge in [0.15, 0.2) is 0 Å². The fraction of sp³-hybridized carbons (Fsp3) is 0.778. The van der Waals surface area contributed by atoms with Crippen molar-refractivity contribution in [1.29, 1.82) is 0 Å². The molecular formula is C9H18N2O. The van der Waals surface area contributed by atoms with E-state index in [4.69, 9.17) is 10.6 Å². The van der Waals surface area contributed by atoms with Crippen LogP contribution in [0.4, 0.5) is 0 Å². The summed E-state index contributed by atoms with van der Waals surface area (Å²) in [6.07, 6.45) is 3.50. The largest absolute Gasteiger partial charge is 0.473 e. The molecule has 3 heteroatoms. The van der Waals surface area contributed by atoms with Gasteiger partial charge in [0.2, 0.25) is 5.88 Å². The summed E-state index contributed by atoms with van der Waals surface area (Å²) in [4.78, 5) is 0. The van der Waals surface area contributed by atoms with Crippen molar-refractivity contribution >= 4 is 0 Å². The van der Waals surface area contributed by atoms with Gasteiger partial charge in [0.05, 0.1) is 0 Å². The average molecular weight is 170 g/mol. The standard InChI is InChI=1S/C9H18N2O/c1-9(2,3)12-8(11-10)7-5-4-6-7/h11H,4-6,10H2,1-3H3. The van der Waals surface area contributed by atoms with E-state index >= 15 is 0 Å². The van der Waals surface area contributed by atoms with E-state index in [1.165, 1.54) is 12.0 Å². The van der Waals surface area contributed by atoms with Crippen molar-refractivity contribution < 1.29 is 4.74 Å². The highest BCUT2D eigenvalue weighted by atomic mass is 16.5. The number of nitrogens with one attached hydrogen (secondary N) is 1. The molecule has 0 radical (unpaired) electrons. The third-order valence-corrected chi connectivity index (χ3v) is 1.82. The molecule has 0 amide bonds. The molecule has 1 fully saturated rings. The van der Waals surface area contributed by atoms with Crippen molar-refractivity contribution in [3.63, 3.8) is 0 Å². The maximum absolute atomic E-state index is 5.63. The van der Waals surface area contributed by atoms with Crippen LogP contribution in [0, 0.1) is 0 Å². The molecular weight excluding hydrogens is 152 g/mol. The van der Waals surface area contributed by atoms with Crippen LogP contribution in [0.2, 0.25) is 0 Å². The van der Waals surface area contributed by atoms with E-state index in [-0.39, 0.29) is 5.60 Å². The molecule has 0 heterocycles. The molecule has 0 aromatic carbocycles. The molecule has 0 aromatic rings. The topological polar surface area (TPSA) is 47.3 Å². The smallest absolute Gasteiger partial charge is 0.200 e. The molecule has 0 saturated heterocycles. The fourth-order valence-electron chi connectivity index (χ4n) is 1.09. The van der Waals surface area contributed by atoms with Crippen LogP contribution in [-0.4, -0.2) is 5.60 Å². The van der Waals surface area contributed by atoms with E-state index in [0.29, 0.717) is 0 Å². The van der Waals surface area contributed by atoms with Crippen LogP contribution in [-0.2, 0) is 4.74 Å². The zero-order valence-electron chi connectivity index (χ0n) is 8.11. The Labute approximate surface area is 73.9 Å². The van der Waals surface area contributed by atoms with Gasteiger partial charge in [-0.3, -0.25) is 5.43 Å². The summed E-state index contributed by atoms with van der Waals surface area (Å²) in [7, 11) is 0. The molecule has 1 aliphatic carbocycles. The molecule has 12 heavy (non-hydrogen) atoms. The predicted octanol–water partition coefficient (Wildman–Crippen LogP) is 1.66. The zero-order valence-corrected chi connectivity index (χ0v) is 8.11. The van der Waals surface area contributed by atoms with Crippen LogP contribution in [0.5, 0.6) is 0 Å². The molecule has 3 nitrogen and oxygen atoms in total. The van der Waals surface area contributed by atoms with E-state index in [0.717, 1.165) is 18.7 Å². The van der Waals surface area contributed by atoms with Crippen molar-refractivity contribution in [2.45, 2.75) is 45.6 Å². The summed E-state index contributed by atoms with van der Waals surface area (Å²) < 4.78 is 5.63. The van der Waals surface area contributed by atoms with E-state index in [9.17, 15) is 0 Å². The first-order valence-corrected chi connectivity index (χ1v) is 4.40. The van der Waals surface area contributed by atoms with Gasteiger partial charge < -0.3 is 4.74 Å². The van der Waals surface area contributed by atoms with Gasteiger partial charge >= 0.3 is 0 Å². The monoisotopic (exact) mass is 170 g/mol. The quantitative estimate of drug-likeness (QED) is 0.376. The molecule has 0 spiro atoms. The molecule has 70 valence electrons. The van der Waals surface area contributed by atoms with Crippen LogP contribution in [0.1, 0.15) is 40.0 Å². The molecule has 3 N–H and O–H groups in total. The molecule has 1 rings (SSSR count). The highest BCUT2D eigenvalue weighted by Crippen LogP contribution is 2.29. The first-order valence-electron chi connectivity index (χ1n) is 4.40.